The molecule has 0 radical (unpaired) electrons. The number of rotatable bonds is 1. The van der Waals surface area contributed by atoms with Crippen LogP contribution >= 0.6 is 15.9 Å². The minimum atomic E-state index is -0.565. The zero-order valence-electron chi connectivity index (χ0n) is 14.4. The summed E-state index contributed by atoms with van der Waals surface area (Å²) >= 11 is 3.16. The van der Waals surface area contributed by atoms with Gasteiger partial charge in [-0.25, -0.2) is 14.0 Å². The van der Waals surface area contributed by atoms with Crippen LogP contribution in [0.5, 0.6) is 0 Å². The van der Waals surface area contributed by atoms with Crippen molar-refractivity contribution in [1.82, 2.24) is 14.5 Å². The van der Waals surface area contributed by atoms with Crippen LogP contribution in [-0.2, 0) is 4.74 Å². The molecular weight excluding hydrogens is 393 g/mol. The van der Waals surface area contributed by atoms with E-state index in [1.807, 2.05) is 20.8 Å². The van der Waals surface area contributed by atoms with Crippen LogP contribution in [0.15, 0.2) is 21.4 Å². The number of carbonyl (C=O) groups excluding carboxylic acids is 1. The lowest BCUT2D eigenvalue weighted by Crippen LogP contribution is -2.44. The third-order valence-corrected chi connectivity index (χ3v) is 4.78. The van der Waals surface area contributed by atoms with Gasteiger partial charge in [0.05, 0.1) is 21.5 Å². The second-order valence-electron chi connectivity index (χ2n) is 7.31. The van der Waals surface area contributed by atoms with Crippen molar-refractivity contribution in [1.29, 1.82) is 0 Å². The number of piperidine rings is 1. The van der Waals surface area contributed by atoms with Gasteiger partial charge in [-0.2, -0.15) is 0 Å². The van der Waals surface area contributed by atoms with Gasteiger partial charge in [-0.05, 0) is 55.6 Å². The topological polar surface area (TPSA) is 67.3 Å². The van der Waals surface area contributed by atoms with E-state index in [2.05, 4.69) is 20.9 Å². The predicted molar refractivity (Wildman–Crippen MR) is 96.3 cm³/mol. The summed E-state index contributed by atoms with van der Waals surface area (Å²) in [5.41, 5.74) is 0.197. The monoisotopic (exact) mass is 413 g/mol. The van der Waals surface area contributed by atoms with E-state index in [1.54, 1.807) is 15.5 Å². The molecule has 8 heteroatoms. The van der Waals surface area contributed by atoms with Gasteiger partial charge in [-0.15, -0.1) is 0 Å². The number of carbonyl (C=O) groups is 1. The van der Waals surface area contributed by atoms with Gasteiger partial charge in [0.15, 0.2) is 0 Å². The number of hydrogen-bond donors (Lipinski definition) is 1. The molecule has 1 atom stereocenters. The van der Waals surface area contributed by atoms with Crippen LogP contribution < -0.4 is 5.69 Å². The molecule has 3 rings (SSSR count). The van der Waals surface area contributed by atoms with E-state index in [0.717, 1.165) is 12.8 Å². The number of likely N-dealkylation sites (tertiary alicyclic amines) is 1. The Labute approximate surface area is 153 Å². The first-order valence-corrected chi connectivity index (χ1v) is 9.02. The number of imidazole rings is 1. The quantitative estimate of drug-likeness (QED) is 0.772. The van der Waals surface area contributed by atoms with E-state index in [0.29, 0.717) is 28.6 Å². The molecule has 1 N–H and O–H groups in total. The number of halogens is 2. The fourth-order valence-electron chi connectivity index (χ4n) is 3.14. The zero-order chi connectivity index (χ0) is 18.4. The third-order valence-electron chi connectivity index (χ3n) is 4.17. The Bertz CT molecular complexity index is 868. The van der Waals surface area contributed by atoms with Crippen molar-refractivity contribution in [3.8, 4) is 0 Å². The van der Waals surface area contributed by atoms with Gasteiger partial charge in [0.2, 0.25) is 0 Å². The maximum atomic E-state index is 13.7. The lowest BCUT2D eigenvalue weighted by molar-refractivity contribution is 0.0173. The molecule has 0 spiro atoms. The molecule has 1 amide bonds. The van der Waals surface area contributed by atoms with Gasteiger partial charge >= 0.3 is 11.8 Å². The van der Waals surface area contributed by atoms with Gasteiger partial charge in [-0.3, -0.25) is 4.57 Å². The number of hydrogen-bond acceptors (Lipinski definition) is 3. The molecule has 1 aliphatic rings. The molecule has 1 aliphatic heterocycles. The summed E-state index contributed by atoms with van der Waals surface area (Å²) in [4.78, 5) is 29.0. The number of aromatic amines is 1. The van der Waals surface area contributed by atoms with E-state index >= 15 is 0 Å². The number of aromatic nitrogens is 2. The second-order valence-corrected chi connectivity index (χ2v) is 8.16. The van der Waals surface area contributed by atoms with E-state index in [-0.39, 0.29) is 17.8 Å². The number of ether oxygens (including phenoxy) is 1. The molecule has 0 aliphatic carbocycles. The van der Waals surface area contributed by atoms with Crippen molar-refractivity contribution < 1.29 is 13.9 Å². The molecular formula is C17H21BrFN3O3. The highest BCUT2D eigenvalue weighted by Gasteiger charge is 2.30. The Balaban J connectivity index is 1.90. The lowest BCUT2D eigenvalue weighted by Gasteiger charge is -2.34. The van der Waals surface area contributed by atoms with Crippen LogP contribution in [-0.4, -0.2) is 39.2 Å². The molecule has 136 valence electrons. The number of H-pyrrole nitrogens is 1. The van der Waals surface area contributed by atoms with Crippen molar-refractivity contribution in [2.45, 2.75) is 45.3 Å². The average molecular weight is 414 g/mol. The average Bonchev–Trinajstić information content (AvgIpc) is 2.81. The van der Waals surface area contributed by atoms with Gasteiger partial charge in [0.1, 0.15) is 11.4 Å². The predicted octanol–water partition coefficient (Wildman–Crippen LogP) is 3.80. The maximum absolute atomic E-state index is 13.7. The number of benzene rings is 1. The number of nitrogens with zero attached hydrogens (tertiary/aromatic N) is 2. The van der Waals surface area contributed by atoms with Crippen LogP contribution in [0.25, 0.3) is 11.0 Å². The smallest absolute Gasteiger partial charge is 0.410 e. The fraction of sp³-hybridized carbons (Fsp3) is 0.529. The highest BCUT2D eigenvalue weighted by atomic mass is 79.9. The first-order valence-electron chi connectivity index (χ1n) is 8.23. The standard InChI is InChI=1S/C17H21BrFN3O3/c1-17(2,3)25-16(24)21-6-4-5-10(9-21)22-14-7-11(18)12(19)8-13(14)20-15(22)23/h7-8,10H,4-6,9H2,1-3H3,(H,20,23). The summed E-state index contributed by atoms with van der Waals surface area (Å²) in [6.45, 7) is 6.45. The second kappa shape index (κ2) is 6.48. The highest BCUT2D eigenvalue weighted by molar-refractivity contribution is 9.10. The van der Waals surface area contributed by atoms with Crippen molar-refractivity contribution >= 4 is 33.1 Å². The number of fused-ring (bicyclic) bond motifs is 1. The van der Waals surface area contributed by atoms with Gasteiger partial charge in [0.25, 0.3) is 0 Å². The van der Waals surface area contributed by atoms with E-state index in [9.17, 15) is 14.0 Å². The lowest BCUT2D eigenvalue weighted by atomic mass is 10.1. The maximum Gasteiger partial charge on any atom is 0.410 e. The molecule has 0 saturated carbocycles. The molecule has 1 unspecified atom stereocenters. The van der Waals surface area contributed by atoms with Crippen LogP contribution in [0.4, 0.5) is 9.18 Å². The summed E-state index contributed by atoms with van der Waals surface area (Å²) in [7, 11) is 0. The SMILES string of the molecule is CC(C)(C)OC(=O)N1CCCC(n2c(=O)[nH]c3cc(F)c(Br)cc32)C1. The minimum absolute atomic E-state index is 0.181. The summed E-state index contributed by atoms with van der Waals surface area (Å²) < 4.78 is 21.0. The first kappa shape index (κ1) is 18.0. The van der Waals surface area contributed by atoms with Crippen molar-refractivity contribution in [2.24, 2.45) is 0 Å². The third kappa shape index (κ3) is 3.73. The molecule has 1 aromatic carbocycles. The van der Waals surface area contributed by atoms with Crippen LogP contribution in [0.2, 0.25) is 0 Å². The fourth-order valence-corrected chi connectivity index (χ4v) is 3.47. The van der Waals surface area contributed by atoms with Crippen LogP contribution in [0, 0.1) is 5.82 Å². The summed E-state index contributed by atoms with van der Waals surface area (Å²) in [6.07, 6.45) is 1.16. The highest BCUT2D eigenvalue weighted by Crippen LogP contribution is 2.28. The van der Waals surface area contributed by atoms with Crippen LogP contribution in [0.1, 0.15) is 39.7 Å². The summed E-state index contributed by atoms with van der Waals surface area (Å²) in [6, 6.07) is 2.71. The van der Waals surface area contributed by atoms with Crippen molar-refractivity contribution in [3.05, 3.63) is 32.9 Å². The molecule has 2 heterocycles. The van der Waals surface area contributed by atoms with Gasteiger partial charge in [-0.1, -0.05) is 0 Å². The molecule has 6 nitrogen and oxygen atoms in total. The largest absolute Gasteiger partial charge is 0.444 e. The Morgan fingerprint density at radius 1 is 1.40 bits per heavy atom. The number of amides is 1. The summed E-state index contributed by atoms with van der Waals surface area (Å²) in [5.74, 6) is -0.431. The molecule has 1 saturated heterocycles. The Morgan fingerprint density at radius 3 is 2.80 bits per heavy atom. The minimum Gasteiger partial charge on any atom is -0.444 e. The van der Waals surface area contributed by atoms with Crippen molar-refractivity contribution in [2.75, 3.05) is 13.1 Å². The number of nitrogens with one attached hydrogen (secondary N) is 1. The first-order chi connectivity index (χ1) is 11.7. The Morgan fingerprint density at radius 2 is 2.12 bits per heavy atom. The van der Waals surface area contributed by atoms with E-state index in [1.165, 1.54) is 6.07 Å². The van der Waals surface area contributed by atoms with E-state index < -0.39 is 11.4 Å². The van der Waals surface area contributed by atoms with Gasteiger partial charge in [0, 0.05) is 19.2 Å². The Hall–Kier alpha value is -1.83. The van der Waals surface area contributed by atoms with Crippen LogP contribution in [0.3, 0.4) is 0 Å². The van der Waals surface area contributed by atoms with E-state index in [4.69, 9.17) is 4.74 Å². The normalized spacial score (nSPS) is 18.6. The molecule has 25 heavy (non-hydrogen) atoms. The van der Waals surface area contributed by atoms with Crippen molar-refractivity contribution in [3.63, 3.8) is 0 Å². The van der Waals surface area contributed by atoms with Gasteiger partial charge < -0.3 is 14.6 Å². The molecule has 1 aromatic heterocycles. The Kier molecular flexibility index (Phi) is 4.66. The molecule has 0 bridgehead atoms. The summed E-state index contributed by atoms with van der Waals surface area (Å²) in [5, 5.41) is 0. The molecule has 1 fully saturated rings. The zero-order valence-corrected chi connectivity index (χ0v) is 16.0. The molecule has 2 aromatic rings.